The number of nitrogens with one attached hydrogen (secondary N) is 1. The van der Waals surface area contributed by atoms with E-state index in [1.165, 1.54) is 19.4 Å². The van der Waals surface area contributed by atoms with E-state index >= 15 is 0 Å². The molecular formula is C24H18F3N3O3. The van der Waals surface area contributed by atoms with Gasteiger partial charge in [0.05, 0.1) is 30.5 Å². The number of rotatable bonds is 7. The van der Waals surface area contributed by atoms with Crippen molar-refractivity contribution >= 4 is 12.1 Å². The highest BCUT2D eigenvalue weighted by molar-refractivity contribution is 5.95. The van der Waals surface area contributed by atoms with Gasteiger partial charge in [-0.25, -0.2) is 5.43 Å². The fraction of sp³-hybridized carbons (Fsp3) is 0.125. The fourth-order valence-electron chi connectivity index (χ4n) is 2.86. The Morgan fingerprint density at radius 3 is 2.61 bits per heavy atom. The maximum Gasteiger partial charge on any atom is 0.416 e. The Morgan fingerprint density at radius 1 is 1.09 bits per heavy atom. The molecule has 0 atom stereocenters. The topological polar surface area (TPSA) is 83.7 Å². The molecule has 168 valence electrons. The Labute approximate surface area is 187 Å². The van der Waals surface area contributed by atoms with Crippen molar-refractivity contribution in [3.05, 3.63) is 94.5 Å². The SMILES string of the molecule is COc1cc(/C=N/NC(=O)c2cccc(C(F)(F)F)c2)ccc1OCc1ccccc1C#N. The van der Waals surface area contributed by atoms with Crippen LogP contribution in [0.5, 0.6) is 11.5 Å². The van der Waals surface area contributed by atoms with Gasteiger partial charge in [-0.3, -0.25) is 4.79 Å². The van der Waals surface area contributed by atoms with Gasteiger partial charge < -0.3 is 9.47 Å². The molecule has 6 nitrogen and oxygen atoms in total. The number of hydrogen-bond acceptors (Lipinski definition) is 5. The summed E-state index contributed by atoms with van der Waals surface area (Å²) in [5.74, 6) is 0.0633. The number of alkyl halides is 3. The molecule has 3 aromatic carbocycles. The molecule has 1 amide bonds. The predicted octanol–water partition coefficient (Wildman–Crippen LogP) is 4.93. The zero-order valence-electron chi connectivity index (χ0n) is 17.4. The minimum Gasteiger partial charge on any atom is -0.493 e. The van der Waals surface area contributed by atoms with Gasteiger partial charge in [0.2, 0.25) is 0 Å². The minimum atomic E-state index is -4.55. The highest BCUT2D eigenvalue weighted by Gasteiger charge is 2.30. The van der Waals surface area contributed by atoms with Crippen LogP contribution in [0.1, 0.15) is 32.6 Å². The van der Waals surface area contributed by atoms with Crippen molar-refractivity contribution in [3.8, 4) is 17.6 Å². The Balaban J connectivity index is 1.66. The summed E-state index contributed by atoms with van der Waals surface area (Å²) in [5, 5.41) is 13.0. The van der Waals surface area contributed by atoms with Crippen molar-refractivity contribution in [1.29, 1.82) is 5.26 Å². The Morgan fingerprint density at radius 2 is 1.88 bits per heavy atom. The van der Waals surface area contributed by atoms with Crippen molar-refractivity contribution in [1.82, 2.24) is 5.43 Å². The monoisotopic (exact) mass is 453 g/mol. The van der Waals surface area contributed by atoms with E-state index in [4.69, 9.17) is 9.47 Å². The number of hydrazone groups is 1. The quantitative estimate of drug-likeness (QED) is 0.406. The number of hydrogen-bond donors (Lipinski definition) is 1. The molecule has 0 saturated carbocycles. The van der Waals surface area contributed by atoms with Crippen LogP contribution in [0.2, 0.25) is 0 Å². The fourth-order valence-corrected chi connectivity index (χ4v) is 2.86. The molecule has 0 bridgehead atoms. The summed E-state index contributed by atoms with van der Waals surface area (Å²) in [6.07, 6.45) is -3.22. The van der Waals surface area contributed by atoms with Gasteiger partial charge in [0.1, 0.15) is 6.61 Å². The van der Waals surface area contributed by atoms with E-state index in [9.17, 15) is 23.2 Å². The summed E-state index contributed by atoms with van der Waals surface area (Å²) in [5.41, 5.74) is 2.91. The van der Waals surface area contributed by atoms with E-state index < -0.39 is 17.6 Å². The smallest absolute Gasteiger partial charge is 0.416 e. The van der Waals surface area contributed by atoms with Gasteiger partial charge in [-0.15, -0.1) is 0 Å². The molecule has 0 saturated heterocycles. The van der Waals surface area contributed by atoms with Crippen molar-refractivity contribution in [2.45, 2.75) is 12.8 Å². The molecular weight excluding hydrogens is 435 g/mol. The van der Waals surface area contributed by atoms with E-state index in [2.05, 4.69) is 16.6 Å². The zero-order valence-corrected chi connectivity index (χ0v) is 17.4. The van der Waals surface area contributed by atoms with Crippen molar-refractivity contribution < 1.29 is 27.4 Å². The summed E-state index contributed by atoms with van der Waals surface area (Å²) < 4.78 is 49.5. The van der Waals surface area contributed by atoms with Crippen LogP contribution in [-0.4, -0.2) is 19.2 Å². The lowest BCUT2D eigenvalue weighted by Crippen LogP contribution is -2.18. The lowest BCUT2D eigenvalue weighted by molar-refractivity contribution is -0.137. The molecule has 3 aromatic rings. The van der Waals surface area contributed by atoms with Gasteiger partial charge in [-0.05, 0) is 48.0 Å². The Kier molecular flexibility index (Phi) is 7.31. The van der Waals surface area contributed by atoms with Crippen molar-refractivity contribution in [2.75, 3.05) is 7.11 Å². The average Bonchev–Trinajstić information content (AvgIpc) is 2.82. The van der Waals surface area contributed by atoms with Crippen LogP contribution in [0.3, 0.4) is 0 Å². The van der Waals surface area contributed by atoms with Gasteiger partial charge >= 0.3 is 6.18 Å². The van der Waals surface area contributed by atoms with E-state index in [0.717, 1.165) is 23.8 Å². The maximum atomic E-state index is 12.8. The van der Waals surface area contributed by atoms with E-state index in [1.54, 1.807) is 36.4 Å². The second kappa shape index (κ2) is 10.3. The summed E-state index contributed by atoms with van der Waals surface area (Å²) in [4.78, 5) is 12.1. The summed E-state index contributed by atoms with van der Waals surface area (Å²) in [7, 11) is 1.46. The van der Waals surface area contributed by atoms with Gasteiger partial charge in [0.15, 0.2) is 11.5 Å². The third-order valence-corrected chi connectivity index (χ3v) is 4.54. The van der Waals surface area contributed by atoms with Crippen LogP contribution in [0.4, 0.5) is 13.2 Å². The number of halogens is 3. The molecule has 33 heavy (non-hydrogen) atoms. The molecule has 0 unspecified atom stereocenters. The average molecular weight is 453 g/mol. The lowest BCUT2D eigenvalue weighted by Gasteiger charge is -2.12. The molecule has 0 aliphatic carbocycles. The molecule has 0 spiro atoms. The third kappa shape index (κ3) is 6.11. The Hall–Kier alpha value is -4.32. The summed E-state index contributed by atoms with van der Waals surface area (Å²) >= 11 is 0. The van der Waals surface area contributed by atoms with Crippen LogP contribution >= 0.6 is 0 Å². The first-order valence-electron chi connectivity index (χ1n) is 9.61. The molecule has 0 aliphatic rings. The Bertz CT molecular complexity index is 1220. The zero-order chi connectivity index (χ0) is 23.8. The van der Waals surface area contributed by atoms with Gasteiger partial charge in [0.25, 0.3) is 5.91 Å². The van der Waals surface area contributed by atoms with Crippen molar-refractivity contribution in [2.24, 2.45) is 5.10 Å². The molecule has 0 aliphatic heterocycles. The highest BCUT2D eigenvalue weighted by Crippen LogP contribution is 2.30. The standard InChI is InChI=1S/C24H18F3N3O3/c1-32-22-11-16(9-10-21(22)33-15-19-6-3-2-5-18(19)13-28)14-29-30-23(31)17-7-4-8-20(12-17)24(25,26)27/h2-12,14H,15H2,1H3,(H,30,31)/b29-14+. The molecule has 3 rings (SSSR count). The first-order valence-corrected chi connectivity index (χ1v) is 9.61. The van der Waals surface area contributed by atoms with E-state index in [0.29, 0.717) is 22.6 Å². The van der Waals surface area contributed by atoms with Gasteiger partial charge in [-0.1, -0.05) is 24.3 Å². The first-order chi connectivity index (χ1) is 15.8. The van der Waals surface area contributed by atoms with E-state index in [1.807, 2.05) is 6.07 Å². The lowest BCUT2D eigenvalue weighted by atomic mass is 10.1. The number of methoxy groups -OCH3 is 1. The number of benzene rings is 3. The third-order valence-electron chi connectivity index (χ3n) is 4.54. The molecule has 0 aromatic heterocycles. The molecule has 0 heterocycles. The molecule has 0 radical (unpaired) electrons. The molecule has 0 fully saturated rings. The number of nitrogens with zero attached hydrogens (tertiary/aromatic N) is 2. The van der Waals surface area contributed by atoms with Crippen LogP contribution in [0.25, 0.3) is 0 Å². The summed E-state index contributed by atoms with van der Waals surface area (Å²) in [6, 6.07) is 18.1. The van der Waals surface area contributed by atoms with Crippen molar-refractivity contribution in [3.63, 3.8) is 0 Å². The first kappa shape index (κ1) is 23.3. The molecule has 1 N–H and O–H groups in total. The number of ether oxygens (including phenoxy) is 2. The number of amides is 1. The minimum absolute atomic E-state index is 0.166. The number of carbonyl (C=O) groups excluding carboxylic acids is 1. The maximum absolute atomic E-state index is 12.8. The van der Waals surface area contributed by atoms with Gasteiger partial charge in [-0.2, -0.15) is 23.5 Å². The second-order valence-electron chi connectivity index (χ2n) is 6.75. The largest absolute Gasteiger partial charge is 0.493 e. The predicted molar refractivity (Wildman–Crippen MR) is 115 cm³/mol. The summed E-state index contributed by atoms with van der Waals surface area (Å²) in [6.45, 7) is 0.167. The van der Waals surface area contributed by atoms with Crippen LogP contribution < -0.4 is 14.9 Å². The van der Waals surface area contributed by atoms with Crippen LogP contribution in [-0.2, 0) is 12.8 Å². The number of nitriles is 1. The van der Waals surface area contributed by atoms with Crippen LogP contribution in [0.15, 0.2) is 71.8 Å². The van der Waals surface area contributed by atoms with E-state index in [-0.39, 0.29) is 12.2 Å². The second-order valence-corrected chi connectivity index (χ2v) is 6.75. The number of carbonyl (C=O) groups is 1. The normalized spacial score (nSPS) is 11.1. The van der Waals surface area contributed by atoms with Gasteiger partial charge in [0, 0.05) is 11.1 Å². The molecule has 9 heteroatoms. The van der Waals surface area contributed by atoms with Crippen LogP contribution in [0, 0.1) is 11.3 Å². The highest BCUT2D eigenvalue weighted by atomic mass is 19.4.